The number of methoxy groups -OCH3 is 1. The summed E-state index contributed by atoms with van der Waals surface area (Å²) in [7, 11) is 1.44. The molecule has 9 nitrogen and oxygen atoms in total. The molecule has 0 unspecified atom stereocenters. The third kappa shape index (κ3) is 4.49. The van der Waals surface area contributed by atoms with Gasteiger partial charge in [0.15, 0.2) is 0 Å². The Hall–Kier alpha value is -3.95. The number of H-pyrrole nitrogens is 1. The summed E-state index contributed by atoms with van der Waals surface area (Å²) in [5.41, 5.74) is -0.383. The Balaban J connectivity index is 1.86. The topological polar surface area (TPSA) is 126 Å². The molecular weight excluding hydrogens is 383 g/mol. The highest BCUT2D eigenvalue weighted by molar-refractivity contribution is 5.92. The van der Waals surface area contributed by atoms with Gasteiger partial charge < -0.3 is 15.2 Å². The van der Waals surface area contributed by atoms with E-state index in [2.05, 4.69) is 15.4 Å². The zero-order chi connectivity index (χ0) is 21.0. The molecule has 29 heavy (non-hydrogen) atoms. The second kappa shape index (κ2) is 8.38. The maximum atomic E-state index is 13.9. The van der Waals surface area contributed by atoms with Gasteiger partial charge >= 0.3 is 5.97 Å². The van der Waals surface area contributed by atoms with Crippen LogP contribution < -0.4 is 15.6 Å². The van der Waals surface area contributed by atoms with E-state index >= 15 is 0 Å². The minimum atomic E-state index is -1.14. The molecule has 10 heteroatoms. The van der Waals surface area contributed by atoms with Crippen LogP contribution in [0, 0.1) is 5.82 Å². The van der Waals surface area contributed by atoms with E-state index in [4.69, 9.17) is 9.84 Å². The number of nitrogens with zero attached hydrogens (tertiary/aromatic N) is 2. The number of carboxylic acids is 1. The van der Waals surface area contributed by atoms with Crippen molar-refractivity contribution in [1.82, 2.24) is 20.1 Å². The number of aromatic amines is 1. The third-order valence-electron chi connectivity index (χ3n) is 4.11. The van der Waals surface area contributed by atoms with Crippen LogP contribution in [0.2, 0.25) is 0 Å². The fourth-order valence-corrected chi connectivity index (χ4v) is 2.71. The Morgan fingerprint density at radius 3 is 2.69 bits per heavy atom. The number of rotatable bonds is 7. The van der Waals surface area contributed by atoms with E-state index in [9.17, 15) is 18.8 Å². The number of halogens is 1. The van der Waals surface area contributed by atoms with Gasteiger partial charge in [-0.15, -0.1) is 0 Å². The Morgan fingerprint density at radius 2 is 2.07 bits per heavy atom. The van der Waals surface area contributed by atoms with Gasteiger partial charge in [-0.2, -0.15) is 0 Å². The van der Waals surface area contributed by atoms with Gasteiger partial charge in [-0.05, 0) is 17.7 Å². The molecule has 3 N–H and O–H groups in total. The Labute approximate surface area is 163 Å². The molecule has 0 aliphatic carbocycles. The van der Waals surface area contributed by atoms with E-state index in [1.54, 1.807) is 12.1 Å². The van der Waals surface area contributed by atoms with Gasteiger partial charge in [0, 0.05) is 18.3 Å². The predicted molar refractivity (Wildman–Crippen MR) is 99.6 cm³/mol. The van der Waals surface area contributed by atoms with Gasteiger partial charge in [0.1, 0.15) is 17.2 Å². The molecule has 1 amide bonds. The SMILES string of the molecule is COc1ccc([C@H](CC(=O)O)NC(=O)c2cc(=O)n(-c3ccccc3F)[nH]2)cn1. The van der Waals surface area contributed by atoms with E-state index in [0.717, 1.165) is 10.7 Å². The first-order chi connectivity index (χ1) is 13.9. The number of benzene rings is 1. The zero-order valence-electron chi connectivity index (χ0n) is 15.3. The second-order valence-corrected chi connectivity index (χ2v) is 6.05. The van der Waals surface area contributed by atoms with Crippen molar-refractivity contribution in [3.05, 3.63) is 76.1 Å². The molecule has 3 aromatic rings. The molecule has 0 saturated carbocycles. The van der Waals surface area contributed by atoms with Crippen molar-refractivity contribution in [2.24, 2.45) is 0 Å². The summed E-state index contributed by atoms with van der Waals surface area (Å²) in [4.78, 5) is 40.0. The number of para-hydroxylation sites is 1. The Bertz CT molecular complexity index is 1090. The number of pyridine rings is 1. The Kier molecular flexibility index (Phi) is 5.72. The first-order valence-electron chi connectivity index (χ1n) is 8.48. The number of hydrogen-bond donors (Lipinski definition) is 3. The van der Waals surface area contributed by atoms with Gasteiger partial charge in [0.2, 0.25) is 5.88 Å². The molecular formula is C19H17FN4O5. The molecule has 0 saturated heterocycles. The van der Waals surface area contributed by atoms with Crippen LogP contribution in [-0.4, -0.2) is 38.9 Å². The number of nitrogens with one attached hydrogen (secondary N) is 2. The largest absolute Gasteiger partial charge is 0.481 e. The number of aromatic nitrogens is 3. The van der Waals surface area contributed by atoms with Gasteiger partial charge in [-0.1, -0.05) is 18.2 Å². The zero-order valence-corrected chi connectivity index (χ0v) is 15.3. The summed E-state index contributed by atoms with van der Waals surface area (Å²) in [6.07, 6.45) is 0.984. The van der Waals surface area contributed by atoms with Gasteiger partial charge in [-0.3, -0.25) is 19.5 Å². The van der Waals surface area contributed by atoms with Crippen molar-refractivity contribution in [3.63, 3.8) is 0 Å². The highest BCUT2D eigenvalue weighted by atomic mass is 19.1. The third-order valence-corrected chi connectivity index (χ3v) is 4.11. The van der Waals surface area contributed by atoms with Crippen LogP contribution in [0.5, 0.6) is 5.88 Å². The normalized spacial score (nSPS) is 11.7. The minimum absolute atomic E-state index is 0.0435. The van der Waals surface area contributed by atoms with Crippen LogP contribution in [0.25, 0.3) is 5.69 Å². The number of carbonyl (C=O) groups is 2. The highest BCUT2D eigenvalue weighted by Gasteiger charge is 2.21. The lowest BCUT2D eigenvalue weighted by Crippen LogP contribution is -2.30. The summed E-state index contributed by atoms with van der Waals surface area (Å²) in [6.45, 7) is 0. The summed E-state index contributed by atoms with van der Waals surface area (Å²) >= 11 is 0. The maximum absolute atomic E-state index is 13.9. The summed E-state index contributed by atoms with van der Waals surface area (Å²) in [6, 6.07) is 8.79. The molecule has 0 fully saturated rings. The summed E-state index contributed by atoms with van der Waals surface area (Å²) in [5.74, 6) is -2.17. The molecule has 0 spiro atoms. The molecule has 3 rings (SSSR count). The van der Waals surface area contributed by atoms with Crippen molar-refractivity contribution in [3.8, 4) is 11.6 Å². The van der Waals surface area contributed by atoms with Crippen LogP contribution in [0.15, 0.2) is 53.5 Å². The predicted octanol–water partition coefficient (Wildman–Crippen LogP) is 1.65. The van der Waals surface area contributed by atoms with E-state index in [-0.39, 0.29) is 11.4 Å². The van der Waals surface area contributed by atoms with E-state index in [1.807, 2.05) is 0 Å². The number of hydrogen-bond acceptors (Lipinski definition) is 5. The smallest absolute Gasteiger partial charge is 0.305 e. The van der Waals surface area contributed by atoms with Crippen molar-refractivity contribution < 1.29 is 23.8 Å². The van der Waals surface area contributed by atoms with Crippen LogP contribution in [0.4, 0.5) is 4.39 Å². The molecule has 1 atom stereocenters. The summed E-state index contributed by atoms with van der Waals surface area (Å²) in [5, 5.41) is 14.2. The van der Waals surface area contributed by atoms with E-state index in [0.29, 0.717) is 11.4 Å². The van der Waals surface area contributed by atoms with Crippen molar-refractivity contribution in [1.29, 1.82) is 0 Å². The quantitative estimate of drug-likeness (QED) is 0.554. The molecule has 150 valence electrons. The molecule has 1 aromatic carbocycles. The van der Waals surface area contributed by atoms with Gasteiger partial charge in [0.05, 0.1) is 19.6 Å². The van der Waals surface area contributed by atoms with Crippen LogP contribution in [-0.2, 0) is 4.79 Å². The van der Waals surface area contributed by atoms with Crippen molar-refractivity contribution in [2.75, 3.05) is 7.11 Å². The average molecular weight is 400 g/mol. The standard InChI is InChI=1S/C19H17FN4O5/c1-29-16-7-6-11(10-21-16)13(9-18(26)27)22-19(28)14-8-17(25)24(23-14)15-5-3-2-4-12(15)20/h2-8,10,13,23H,9H2,1H3,(H,22,28)(H,26,27)/t13-/m0/s1. The van der Waals surface area contributed by atoms with Gasteiger partial charge in [0.25, 0.3) is 11.5 Å². The van der Waals surface area contributed by atoms with Crippen LogP contribution in [0.1, 0.15) is 28.5 Å². The minimum Gasteiger partial charge on any atom is -0.481 e. The maximum Gasteiger partial charge on any atom is 0.305 e. The van der Waals surface area contributed by atoms with Gasteiger partial charge in [-0.25, -0.2) is 14.1 Å². The highest BCUT2D eigenvalue weighted by Crippen LogP contribution is 2.19. The lowest BCUT2D eigenvalue weighted by molar-refractivity contribution is -0.137. The lowest BCUT2D eigenvalue weighted by atomic mass is 10.1. The molecule has 0 aliphatic heterocycles. The number of ether oxygens (including phenoxy) is 1. The Morgan fingerprint density at radius 1 is 1.31 bits per heavy atom. The monoisotopic (exact) mass is 400 g/mol. The van der Waals surface area contributed by atoms with E-state index in [1.165, 1.54) is 37.6 Å². The van der Waals surface area contributed by atoms with Crippen LogP contribution in [0.3, 0.4) is 0 Å². The fourth-order valence-electron chi connectivity index (χ4n) is 2.71. The summed E-state index contributed by atoms with van der Waals surface area (Å²) < 4.78 is 19.8. The number of carbonyl (C=O) groups excluding carboxylic acids is 1. The average Bonchev–Trinajstić information content (AvgIpc) is 3.09. The van der Waals surface area contributed by atoms with Crippen LogP contribution >= 0.6 is 0 Å². The first-order valence-corrected chi connectivity index (χ1v) is 8.48. The number of aliphatic carboxylic acids is 1. The molecule has 2 aromatic heterocycles. The van der Waals surface area contributed by atoms with Crippen molar-refractivity contribution >= 4 is 11.9 Å². The lowest BCUT2D eigenvalue weighted by Gasteiger charge is -2.17. The van der Waals surface area contributed by atoms with E-state index < -0.39 is 35.7 Å². The molecule has 2 heterocycles. The number of amides is 1. The molecule has 0 bridgehead atoms. The van der Waals surface area contributed by atoms with Crippen molar-refractivity contribution in [2.45, 2.75) is 12.5 Å². The first kappa shape index (κ1) is 19.8. The molecule has 0 radical (unpaired) electrons. The fraction of sp³-hybridized carbons (Fsp3) is 0.158. The number of carboxylic acid groups (broad SMARTS) is 1. The second-order valence-electron chi connectivity index (χ2n) is 6.05. The molecule has 0 aliphatic rings.